The van der Waals surface area contributed by atoms with Crippen LogP contribution in [0.2, 0.25) is 0 Å². The third kappa shape index (κ3) is 5.95. The number of hydrogen-bond donors (Lipinski definition) is 2. The van der Waals surface area contributed by atoms with Crippen LogP contribution < -0.4 is 5.32 Å². The van der Waals surface area contributed by atoms with Gasteiger partial charge in [0.25, 0.3) is 0 Å². The summed E-state index contributed by atoms with van der Waals surface area (Å²) in [4.78, 5) is 14.1. The summed E-state index contributed by atoms with van der Waals surface area (Å²) in [7, 11) is 0. The molecule has 124 valence electrons. The number of piperidine rings is 1. The average molecular weight is 298 g/mol. The molecule has 1 saturated heterocycles. The van der Waals surface area contributed by atoms with Crippen LogP contribution in [0.1, 0.15) is 72.6 Å². The van der Waals surface area contributed by atoms with Crippen molar-refractivity contribution in [3.8, 4) is 0 Å². The third-order valence-electron chi connectivity index (χ3n) is 4.57. The number of rotatable bonds is 9. The fourth-order valence-electron chi connectivity index (χ4n) is 3.53. The molecule has 0 bridgehead atoms. The van der Waals surface area contributed by atoms with E-state index in [1.807, 2.05) is 20.8 Å². The first-order valence-electron chi connectivity index (χ1n) is 8.64. The molecular weight excluding hydrogens is 264 g/mol. The minimum atomic E-state index is -0.801. The number of likely N-dealkylation sites (tertiary alicyclic amines) is 1. The lowest BCUT2D eigenvalue weighted by Crippen LogP contribution is -2.52. The Hall–Kier alpha value is -0.610. The predicted octanol–water partition coefficient (Wildman–Crippen LogP) is 3.26. The fraction of sp³-hybridized carbons (Fsp3) is 0.941. The van der Waals surface area contributed by atoms with Gasteiger partial charge in [-0.25, -0.2) is 0 Å². The molecule has 1 aliphatic heterocycles. The van der Waals surface area contributed by atoms with Crippen molar-refractivity contribution in [2.24, 2.45) is 0 Å². The van der Waals surface area contributed by atoms with E-state index in [4.69, 9.17) is 0 Å². The summed E-state index contributed by atoms with van der Waals surface area (Å²) in [6.45, 7) is 10.3. The highest BCUT2D eigenvalue weighted by Gasteiger charge is 2.33. The summed E-state index contributed by atoms with van der Waals surface area (Å²) >= 11 is 0. The Morgan fingerprint density at radius 2 is 2.14 bits per heavy atom. The molecule has 0 radical (unpaired) electrons. The van der Waals surface area contributed by atoms with E-state index in [-0.39, 0.29) is 6.04 Å². The molecule has 4 nitrogen and oxygen atoms in total. The van der Waals surface area contributed by atoms with Gasteiger partial charge < -0.3 is 10.0 Å². The highest BCUT2D eigenvalue weighted by atomic mass is 16.4. The van der Waals surface area contributed by atoms with Crippen molar-refractivity contribution in [2.75, 3.05) is 13.1 Å². The van der Waals surface area contributed by atoms with Crippen LogP contribution in [0.4, 0.5) is 0 Å². The zero-order valence-corrected chi connectivity index (χ0v) is 14.3. The summed E-state index contributed by atoms with van der Waals surface area (Å²) in [6.07, 6.45) is 8.11. The van der Waals surface area contributed by atoms with Gasteiger partial charge in [-0.1, -0.05) is 19.8 Å². The second-order valence-corrected chi connectivity index (χ2v) is 7.01. The lowest BCUT2D eigenvalue weighted by Gasteiger charge is -2.36. The van der Waals surface area contributed by atoms with Crippen molar-refractivity contribution in [1.82, 2.24) is 10.2 Å². The van der Waals surface area contributed by atoms with E-state index in [0.29, 0.717) is 6.42 Å². The first-order valence-corrected chi connectivity index (χ1v) is 8.64. The maximum atomic E-state index is 11.5. The van der Waals surface area contributed by atoms with Crippen LogP contribution in [0.5, 0.6) is 0 Å². The smallest absolute Gasteiger partial charge is 0.323 e. The third-order valence-corrected chi connectivity index (χ3v) is 4.57. The van der Waals surface area contributed by atoms with Crippen molar-refractivity contribution >= 4 is 5.97 Å². The number of carboxylic acid groups (broad SMARTS) is 1. The molecule has 0 amide bonds. The molecule has 0 aromatic carbocycles. The van der Waals surface area contributed by atoms with Gasteiger partial charge in [0.2, 0.25) is 0 Å². The topological polar surface area (TPSA) is 52.6 Å². The highest BCUT2D eigenvalue weighted by molar-refractivity contribution is 5.78. The number of hydrogen-bond acceptors (Lipinski definition) is 3. The minimum Gasteiger partial charge on any atom is -0.480 e. The number of aliphatic carboxylic acids is 1. The fourth-order valence-corrected chi connectivity index (χ4v) is 3.53. The zero-order valence-electron chi connectivity index (χ0n) is 14.3. The SMILES string of the molecule is CCCC1CCCCN1CCCC(C)(NC(C)C)C(=O)O. The Bertz CT molecular complexity index is 318. The lowest BCUT2D eigenvalue weighted by atomic mass is 9.93. The molecule has 2 unspecified atom stereocenters. The van der Waals surface area contributed by atoms with Gasteiger partial charge in [-0.05, 0) is 66.0 Å². The van der Waals surface area contributed by atoms with Gasteiger partial charge >= 0.3 is 5.97 Å². The monoisotopic (exact) mass is 298 g/mol. The molecule has 0 aromatic rings. The summed E-state index contributed by atoms with van der Waals surface area (Å²) < 4.78 is 0. The molecule has 1 fully saturated rings. The maximum Gasteiger partial charge on any atom is 0.323 e. The van der Waals surface area contributed by atoms with Gasteiger partial charge in [-0.2, -0.15) is 0 Å². The second-order valence-electron chi connectivity index (χ2n) is 7.01. The number of nitrogens with one attached hydrogen (secondary N) is 1. The zero-order chi connectivity index (χ0) is 15.9. The predicted molar refractivity (Wildman–Crippen MR) is 87.7 cm³/mol. The van der Waals surface area contributed by atoms with Crippen molar-refractivity contribution in [3.05, 3.63) is 0 Å². The highest BCUT2D eigenvalue weighted by Crippen LogP contribution is 2.22. The Morgan fingerprint density at radius 3 is 2.71 bits per heavy atom. The van der Waals surface area contributed by atoms with Crippen LogP contribution in [0.15, 0.2) is 0 Å². The summed E-state index contributed by atoms with van der Waals surface area (Å²) in [5, 5.41) is 12.7. The van der Waals surface area contributed by atoms with Crippen molar-refractivity contribution in [2.45, 2.75) is 90.3 Å². The van der Waals surface area contributed by atoms with E-state index in [1.165, 1.54) is 38.6 Å². The van der Waals surface area contributed by atoms with Crippen molar-refractivity contribution < 1.29 is 9.90 Å². The van der Waals surface area contributed by atoms with Crippen LogP contribution in [0.25, 0.3) is 0 Å². The molecule has 1 aliphatic rings. The molecule has 0 saturated carbocycles. The number of carboxylic acids is 1. The Balaban J connectivity index is 2.47. The second kappa shape index (κ2) is 8.74. The standard InChI is InChI=1S/C17H34N2O2/c1-5-9-15-10-6-7-12-19(15)13-8-11-17(4,16(20)21)18-14(2)3/h14-15,18H,5-13H2,1-4H3,(H,20,21). The van der Waals surface area contributed by atoms with Gasteiger partial charge in [0.15, 0.2) is 0 Å². The summed E-state index contributed by atoms with van der Waals surface area (Å²) in [6, 6.07) is 0.909. The lowest BCUT2D eigenvalue weighted by molar-refractivity contribution is -0.144. The van der Waals surface area contributed by atoms with Crippen molar-refractivity contribution in [1.29, 1.82) is 0 Å². The van der Waals surface area contributed by atoms with Gasteiger partial charge in [-0.15, -0.1) is 0 Å². The maximum absolute atomic E-state index is 11.5. The Labute approximate surface area is 130 Å². The van der Waals surface area contributed by atoms with Crippen LogP contribution in [0.3, 0.4) is 0 Å². The van der Waals surface area contributed by atoms with E-state index in [1.54, 1.807) is 0 Å². The van der Waals surface area contributed by atoms with E-state index in [9.17, 15) is 9.90 Å². The van der Waals surface area contributed by atoms with Gasteiger partial charge in [0, 0.05) is 12.1 Å². The van der Waals surface area contributed by atoms with E-state index in [0.717, 1.165) is 19.0 Å². The van der Waals surface area contributed by atoms with Crippen LogP contribution >= 0.6 is 0 Å². The van der Waals surface area contributed by atoms with Gasteiger partial charge in [0.05, 0.1) is 0 Å². The molecule has 1 rings (SSSR count). The van der Waals surface area contributed by atoms with E-state index >= 15 is 0 Å². The molecule has 2 N–H and O–H groups in total. The molecule has 0 aliphatic carbocycles. The quantitative estimate of drug-likeness (QED) is 0.686. The number of carbonyl (C=O) groups is 1. The van der Waals surface area contributed by atoms with Gasteiger partial charge in [0.1, 0.15) is 5.54 Å². The van der Waals surface area contributed by atoms with Gasteiger partial charge in [-0.3, -0.25) is 10.1 Å². The summed E-state index contributed by atoms with van der Waals surface area (Å²) in [5.74, 6) is -0.736. The Kier molecular flexibility index (Phi) is 7.67. The van der Waals surface area contributed by atoms with E-state index < -0.39 is 11.5 Å². The molecule has 21 heavy (non-hydrogen) atoms. The van der Waals surface area contributed by atoms with Crippen LogP contribution in [0, 0.1) is 0 Å². The largest absolute Gasteiger partial charge is 0.480 e. The molecule has 0 spiro atoms. The van der Waals surface area contributed by atoms with Crippen molar-refractivity contribution in [3.63, 3.8) is 0 Å². The first-order chi connectivity index (χ1) is 9.89. The molecule has 4 heteroatoms. The first kappa shape index (κ1) is 18.4. The minimum absolute atomic E-state index is 0.189. The molecule has 1 heterocycles. The van der Waals surface area contributed by atoms with Crippen LogP contribution in [-0.2, 0) is 4.79 Å². The van der Waals surface area contributed by atoms with Crippen LogP contribution in [-0.4, -0.2) is 46.7 Å². The average Bonchev–Trinajstić information content (AvgIpc) is 2.40. The molecule has 0 aromatic heterocycles. The molecular formula is C17H34N2O2. The molecule has 2 atom stereocenters. The normalized spacial score (nSPS) is 23.2. The summed E-state index contributed by atoms with van der Waals surface area (Å²) in [5.41, 5.74) is -0.801. The number of nitrogens with zero attached hydrogens (tertiary/aromatic N) is 1. The van der Waals surface area contributed by atoms with E-state index in [2.05, 4.69) is 17.1 Å². The Morgan fingerprint density at radius 1 is 1.43 bits per heavy atom.